The van der Waals surface area contributed by atoms with Crippen molar-refractivity contribution in [3.05, 3.63) is 35.4 Å². The molecule has 1 aromatic rings. The highest BCUT2D eigenvalue weighted by atomic mass is 16.5. The molecule has 1 aromatic carbocycles. The van der Waals surface area contributed by atoms with Crippen LogP contribution in [0, 0.1) is 6.92 Å². The van der Waals surface area contributed by atoms with Crippen molar-refractivity contribution in [1.82, 2.24) is 4.90 Å². The lowest BCUT2D eigenvalue weighted by atomic mass is 9.55. The van der Waals surface area contributed by atoms with Gasteiger partial charge in [-0.3, -0.25) is 4.79 Å². The number of ether oxygens (including phenoxy) is 2. The maximum atomic E-state index is 12.7. The molecule has 5 nitrogen and oxygen atoms in total. The lowest BCUT2D eigenvalue weighted by molar-refractivity contribution is -0.146. The van der Waals surface area contributed by atoms with E-state index in [0.29, 0.717) is 17.9 Å². The summed E-state index contributed by atoms with van der Waals surface area (Å²) in [6.45, 7) is 4.80. The first-order valence-electron chi connectivity index (χ1n) is 8.37. The number of hydrogen-bond donors (Lipinski definition) is 1. The summed E-state index contributed by atoms with van der Waals surface area (Å²) in [5.41, 5.74) is 0.0122. The Kier molecular flexibility index (Phi) is 3.15. The summed E-state index contributed by atoms with van der Waals surface area (Å²) in [6.07, 6.45) is 3.12. The lowest BCUT2D eigenvalue weighted by Crippen LogP contribution is -2.71. The van der Waals surface area contributed by atoms with E-state index < -0.39 is 17.1 Å². The molecule has 1 fully saturated rings. The number of benzene rings is 1. The predicted molar refractivity (Wildman–Crippen MR) is 89.6 cm³/mol. The van der Waals surface area contributed by atoms with E-state index in [1.54, 1.807) is 13.2 Å². The normalized spacial score (nSPS) is 37.5. The van der Waals surface area contributed by atoms with E-state index in [1.807, 2.05) is 33.0 Å². The highest BCUT2D eigenvalue weighted by molar-refractivity contribution is 5.98. The van der Waals surface area contributed by atoms with Gasteiger partial charge in [-0.25, -0.2) is 0 Å². The molecule has 4 rings (SSSR count). The molecule has 0 aromatic heterocycles. The molecule has 1 aliphatic carbocycles. The second-order valence-electron chi connectivity index (χ2n) is 7.23. The first kappa shape index (κ1) is 15.7. The number of methoxy groups -OCH3 is 1. The summed E-state index contributed by atoms with van der Waals surface area (Å²) in [5, 5.41) is 11.7. The quantitative estimate of drug-likeness (QED) is 0.848. The molecule has 0 bridgehead atoms. The Morgan fingerprint density at radius 3 is 2.88 bits per heavy atom. The summed E-state index contributed by atoms with van der Waals surface area (Å²) in [5.74, 6) is 1.13. The second-order valence-corrected chi connectivity index (χ2v) is 7.23. The van der Waals surface area contributed by atoms with Crippen LogP contribution in [0.25, 0.3) is 0 Å². The number of likely N-dealkylation sites (N-methyl/N-ethyl adjacent to an activating group) is 1. The Morgan fingerprint density at radius 2 is 2.17 bits per heavy atom. The third-order valence-electron chi connectivity index (χ3n) is 6.31. The number of hydrogen-bond acceptors (Lipinski definition) is 5. The van der Waals surface area contributed by atoms with Gasteiger partial charge in [-0.15, -0.1) is 0 Å². The Morgan fingerprint density at radius 1 is 1.42 bits per heavy atom. The van der Waals surface area contributed by atoms with Crippen molar-refractivity contribution in [2.75, 3.05) is 20.7 Å². The molecule has 2 heterocycles. The van der Waals surface area contributed by atoms with Crippen molar-refractivity contribution in [2.45, 2.75) is 43.4 Å². The van der Waals surface area contributed by atoms with Crippen LogP contribution < -0.4 is 9.47 Å². The van der Waals surface area contributed by atoms with E-state index in [1.165, 1.54) is 6.08 Å². The largest absolute Gasteiger partial charge is 0.493 e. The molecule has 1 N–H and O–H groups in total. The molecule has 128 valence electrons. The molecule has 5 heteroatoms. The lowest BCUT2D eigenvalue weighted by Gasteiger charge is -2.56. The number of ketones is 1. The van der Waals surface area contributed by atoms with Crippen LogP contribution in [-0.4, -0.2) is 54.2 Å². The standard InChI is InChI=1S/C19H23NO4/c1-11-5-6-14(23-4)16-15(11)18-9-10-20(3)12(2)19(18,22)8-7-13(21)17(18)24-16/h5-8,12,17,22H,9-10H2,1-4H3/t12-,17?,18+,19?/m1/s1. The average molecular weight is 329 g/mol. The van der Waals surface area contributed by atoms with Gasteiger partial charge < -0.3 is 19.5 Å². The van der Waals surface area contributed by atoms with E-state index >= 15 is 0 Å². The molecule has 1 saturated heterocycles. The Labute approximate surface area is 141 Å². The average Bonchev–Trinajstić information content (AvgIpc) is 2.93. The van der Waals surface area contributed by atoms with Crippen molar-refractivity contribution in [2.24, 2.45) is 0 Å². The van der Waals surface area contributed by atoms with Gasteiger partial charge in [0, 0.05) is 11.6 Å². The van der Waals surface area contributed by atoms with Crippen LogP contribution in [0.1, 0.15) is 24.5 Å². The number of likely N-dealkylation sites (tertiary alicyclic amines) is 1. The monoisotopic (exact) mass is 329 g/mol. The van der Waals surface area contributed by atoms with Crippen LogP contribution in [0.5, 0.6) is 11.5 Å². The second kappa shape index (κ2) is 4.83. The molecule has 24 heavy (non-hydrogen) atoms. The first-order chi connectivity index (χ1) is 11.4. The zero-order valence-corrected chi connectivity index (χ0v) is 14.5. The highest BCUT2D eigenvalue weighted by Gasteiger charge is 2.68. The molecule has 4 atom stereocenters. The number of carbonyl (C=O) groups excluding carboxylic acids is 1. The zero-order valence-electron chi connectivity index (χ0n) is 14.5. The van der Waals surface area contributed by atoms with E-state index in [-0.39, 0.29) is 11.8 Å². The fourth-order valence-electron chi connectivity index (χ4n) is 4.85. The Balaban J connectivity index is 2.05. The van der Waals surface area contributed by atoms with E-state index in [4.69, 9.17) is 9.47 Å². The van der Waals surface area contributed by atoms with Gasteiger partial charge in [0.1, 0.15) is 5.60 Å². The summed E-state index contributed by atoms with van der Waals surface area (Å²) in [4.78, 5) is 14.8. The molecule has 2 unspecified atom stereocenters. The molecule has 1 spiro atoms. The Hall–Kier alpha value is -1.85. The summed E-state index contributed by atoms with van der Waals surface area (Å²) >= 11 is 0. The third kappa shape index (κ3) is 1.59. The van der Waals surface area contributed by atoms with Gasteiger partial charge in [-0.05, 0) is 57.6 Å². The van der Waals surface area contributed by atoms with Crippen LogP contribution >= 0.6 is 0 Å². The number of fused-ring (bicyclic) bond motifs is 1. The molecule has 0 amide bonds. The minimum Gasteiger partial charge on any atom is -0.493 e. The molecular weight excluding hydrogens is 306 g/mol. The van der Waals surface area contributed by atoms with E-state index in [0.717, 1.165) is 17.7 Å². The van der Waals surface area contributed by atoms with Gasteiger partial charge in [-0.2, -0.15) is 0 Å². The first-order valence-corrected chi connectivity index (χ1v) is 8.37. The number of carbonyl (C=O) groups is 1. The number of aryl methyl sites for hydroxylation is 1. The van der Waals surface area contributed by atoms with Gasteiger partial charge >= 0.3 is 0 Å². The molecule has 3 aliphatic rings. The highest BCUT2D eigenvalue weighted by Crippen LogP contribution is 2.60. The predicted octanol–water partition coefficient (Wildman–Crippen LogP) is 1.60. The number of piperidine rings is 1. The maximum Gasteiger partial charge on any atom is 0.196 e. The Bertz CT molecular complexity index is 758. The number of aliphatic hydroxyl groups is 1. The van der Waals surface area contributed by atoms with Gasteiger partial charge in [0.15, 0.2) is 23.4 Å². The summed E-state index contributed by atoms with van der Waals surface area (Å²) in [7, 11) is 3.60. The maximum absolute atomic E-state index is 12.7. The van der Waals surface area contributed by atoms with Gasteiger partial charge in [-0.1, -0.05) is 6.07 Å². The molecular formula is C19H23NO4. The topological polar surface area (TPSA) is 59.0 Å². The minimum absolute atomic E-state index is 0.0888. The molecule has 2 aliphatic heterocycles. The van der Waals surface area contributed by atoms with E-state index in [2.05, 4.69) is 4.90 Å². The fraction of sp³-hybridized carbons (Fsp3) is 0.526. The summed E-state index contributed by atoms with van der Waals surface area (Å²) < 4.78 is 11.6. The zero-order chi connectivity index (χ0) is 17.3. The van der Waals surface area contributed by atoms with Crippen molar-refractivity contribution in [3.8, 4) is 11.5 Å². The van der Waals surface area contributed by atoms with Crippen molar-refractivity contribution in [3.63, 3.8) is 0 Å². The van der Waals surface area contributed by atoms with Crippen LogP contribution in [0.3, 0.4) is 0 Å². The molecule has 0 saturated carbocycles. The number of nitrogens with zero attached hydrogens (tertiary/aromatic N) is 1. The molecule has 0 radical (unpaired) electrons. The van der Waals surface area contributed by atoms with Crippen LogP contribution in [-0.2, 0) is 10.2 Å². The van der Waals surface area contributed by atoms with Crippen LogP contribution in [0.2, 0.25) is 0 Å². The minimum atomic E-state index is -1.17. The van der Waals surface area contributed by atoms with Gasteiger partial charge in [0.05, 0.1) is 12.5 Å². The van der Waals surface area contributed by atoms with Crippen molar-refractivity contribution < 1.29 is 19.4 Å². The van der Waals surface area contributed by atoms with E-state index in [9.17, 15) is 9.90 Å². The van der Waals surface area contributed by atoms with Crippen LogP contribution in [0.4, 0.5) is 0 Å². The van der Waals surface area contributed by atoms with Gasteiger partial charge in [0.25, 0.3) is 0 Å². The van der Waals surface area contributed by atoms with Crippen molar-refractivity contribution in [1.29, 1.82) is 0 Å². The fourth-order valence-corrected chi connectivity index (χ4v) is 4.85. The smallest absolute Gasteiger partial charge is 0.196 e. The third-order valence-corrected chi connectivity index (χ3v) is 6.31. The van der Waals surface area contributed by atoms with Crippen molar-refractivity contribution >= 4 is 5.78 Å². The number of rotatable bonds is 1. The van der Waals surface area contributed by atoms with Gasteiger partial charge in [0.2, 0.25) is 0 Å². The summed E-state index contributed by atoms with van der Waals surface area (Å²) in [6, 6.07) is 3.71. The van der Waals surface area contributed by atoms with Crippen LogP contribution in [0.15, 0.2) is 24.3 Å². The SMILES string of the molecule is COc1ccc(C)c2c1OC1C(=O)C=CC3(O)[C@@H](C)N(C)CC[C@]213.